The van der Waals surface area contributed by atoms with E-state index in [0.717, 1.165) is 47.3 Å². The minimum Gasteiger partial charge on any atom is -0.497 e. The van der Waals surface area contributed by atoms with Gasteiger partial charge in [-0.15, -0.1) is 0 Å². The molecule has 112 valence electrons. The van der Waals surface area contributed by atoms with E-state index in [1.165, 1.54) is 0 Å². The first-order valence-corrected chi connectivity index (χ1v) is 7.16. The normalized spacial score (nSPS) is 20.7. The molecular formula is C18H22O3. The van der Waals surface area contributed by atoms with Gasteiger partial charge >= 0.3 is 0 Å². The van der Waals surface area contributed by atoms with Crippen molar-refractivity contribution < 1.29 is 14.3 Å². The third-order valence-electron chi connectivity index (χ3n) is 3.76. The second kappa shape index (κ2) is 6.17. The number of allylic oxidation sites excluding steroid dienone is 2. The molecule has 0 saturated carbocycles. The number of methoxy groups -OCH3 is 1. The van der Waals surface area contributed by atoms with Crippen molar-refractivity contribution in [1.82, 2.24) is 0 Å². The molecule has 0 spiro atoms. The van der Waals surface area contributed by atoms with Crippen molar-refractivity contribution in [2.24, 2.45) is 0 Å². The third kappa shape index (κ3) is 3.54. The van der Waals surface area contributed by atoms with Crippen LogP contribution in [-0.2, 0) is 4.79 Å². The van der Waals surface area contributed by atoms with Gasteiger partial charge in [0.1, 0.15) is 23.4 Å². The molecule has 1 aliphatic heterocycles. The summed E-state index contributed by atoms with van der Waals surface area (Å²) >= 11 is 0. The predicted molar refractivity (Wildman–Crippen MR) is 84.9 cm³/mol. The second-order valence-corrected chi connectivity index (χ2v) is 5.72. The van der Waals surface area contributed by atoms with Gasteiger partial charge in [-0.3, -0.25) is 4.79 Å². The Balaban J connectivity index is 2.17. The van der Waals surface area contributed by atoms with E-state index < -0.39 is 0 Å². The van der Waals surface area contributed by atoms with Gasteiger partial charge in [-0.25, -0.2) is 0 Å². The molecule has 1 aromatic rings. The molecule has 2 rings (SSSR count). The first kappa shape index (κ1) is 15.4. The molecule has 0 bridgehead atoms. The summed E-state index contributed by atoms with van der Waals surface area (Å²) in [4.78, 5) is 10.6. The van der Waals surface area contributed by atoms with Crippen LogP contribution < -0.4 is 9.47 Å². The van der Waals surface area contributed by atoms with Crippen LogP contribution in [0.4, 0.5) is 0 Å². The molecule has 3 nitrogen and oxygen atoms in total. The minimum absolute atomic E-state index is 0.341. The van der Waals surface area contributed by atoms with Crippen molar-refractivity contribution in [2.75, 3.05) is 7.11 Å². The van der Waals surface area contributed by atoms with Crippen molar-refractivity contribution in [1.29, 1.82) is 0 Å². The van der Waals surface area contributed by atoms with Gasteiger partial charge in [-0.1, -0.05) is 12.2 Å². The summed E-state index contributed by atoms with van der Waals surface area (Å²) in [5.74, 6) is 1.75. The first-order chi connectivity index (χ1) is 9.97. The van der Waals surface area contributed by atoms with Gasteiger partial charge in [0.2, 0.25) is 0 Å². The van der Waals surface area contributed by atoms with E-state index in [2.05, 4.69) is 19.1 Å². The molecule has 21 heavy (non-hydrogen) atoms. The summed E-state index contributed by atoms with van der Waals surface area (Å²) in [7, 11) is 1.67. The molecule has 0 aromatic heterocycles. The highest BCUT2D eigenvalue weighted by atomic mass is 16.5. The van der Waals surface area contributed by atoms with Crippen molar-refractivity contribution in [3.8, 4) is 11.5 Å². The largest absolute Gasteiger partial charge is 0.497 e. The molecule has 0 aliphatic carbocycles. The fourth-order valence-corrected chi connectivity index (χ4v) is 2.45. The van der Waals surface area contributed by atoms with Gasteiger partial charge in [-0.05, 0) is 63.0 Å². The van der Waals surface area contributed by atoms with E-state index >= 15 is 0 Å². The standard InChI is InChI=1S/C18H22O3/c1-13(12-19)6-5-8-18(3)9-7-15-11-16(20-4)10-14(2)17(15)21-18/h6-7,9-12H,5,8H2,1-4H3. The number of aldehydes is 1. The molecule has 0 amide bonds. The molecule has 1 unspecified atom stereocenters. The monoisotopic (exact) mass is 286 g/mol. The van der Waals surface area contributed by atoms with Crippen molar-refractivity contribution in [3.05, 3.63) is 41.0 Å². The Morgan fingerprint density at radius 1 is 1.43 bits per heavy atom. The summed E-state index contributed by atoms with van der Waals surface area (Å²) in [6.07, 6.45) is 8.65. The van der Waals surface area contributed by atoms with E-state index in [4.69, 9.17) is 9.47 Å². The van der Waals surface area contributed by atoms with E-state index in [1.807, 2.05) is 32.1 Å². The first-order valence-electron chi connectivity index (χ1n) is 7.16. The number of benzene rings is 1. The summed E-state index contributed by atoms with van der Waals surface area (Å²) in [5.41, 5.74) is 2.54. The lowest BCUT2D eigenvalue weighted by atomic mass is 9.93. The average molecular weight is 286 g/mol. The van der Waals surface area contributed by atoms with Crippen molar-refractivity contribution >= 4 is 12.4 Å². The lowest BCUT2D eigenvalue weighted by Crippen LogP contribution is -2.32. The number of carbonyl (C=O) groups is 1. The molecule has 3 heteroatoms. The summed E-state index contributed by atoms with van der Waals surface area (Å²) in [6, 6.07) is 3.96. The van der Waals surface area contributed by atoms with Gasteiger partial charge in [0.05, 0.1) is 7.11 Å². The van der Waals surface area contributed by atoms with Gasteiger partial charge in [0.25, 0.3) is 0 Å². The highest BCUT2D eigenvalue weighted by Gasteiger charge is 2.28. The SMILES string of the molecule is COc1cc(C)c2c(c1)C=CC(C)(CCC=C(C)C=O)O2. The van der Waals surface area contributed by atoms with Crippen LogP contribution in [-0.4, -0.2) is 19.0 Å². The Labute approximate surface area is 126 Å². The van der Waals surface area contributed by atoms with E-state index in [0.29, 0.717) is 0 Å². The number of fused-ring (bicyclic) bond motifs is 1. The van der Waals surface area contributed by atoms with Gasteiger partial charge < -0.3 is 9.47 Å². The van der Waals surface area contributed by atoms with Crippen molar-refractivity contribution in [2.45, 2.75) is 39.2 Å². The molecule has 0 saturated heterocycles. The molecule has 0 radical (unpaired) electrons. The lowest BCUT2D eigenvalue weighted by Gasteiger charge is -2.32. The Morgan fingerprint density at radius 2 is 2.19 bits per heavy atom. The maximum atomic E-state index is 10.6. The van der Waals surface area contributed by atoms with Crippen LogP contribution >= 0.6 is 0 Å². The van der Waals surface area contributed by atoms with Gasteiger partial charge in [-0.2, -0.15) is 0 Å². The van der Waals surface area contributed by atoms with Crippen LogP contribution in [0.2, 0.25) is 0 Å². The Hall–Kier alpha value is -2.03. The predicted octanol–water partition coefficient (Wildman–Crippen LogP) is 4.09. The molecule has 0 N–H and O–H groups in total. The second-order valence-electron chi connectivity index (χ2n) is 5.72. The zero-order valence-corrected chi connectivity index (χ0v) is 13.1. The zero-order chi connectivity index (χ0) is 15.5. The van der Waals surface area contributed by atoms with Crippen LogP contribution in [0, 0.1) is 6.92 Å². The Morgan fingerprint density at radius 3 is 2.86 bits per heavy atom. The average Bonchev–Trinajstić information content (AvgIpc) is 2.47. The smallest absolute Gasteiger partial charge is 0.145 e. The molecular weight excluding hydrogens is 264 g/mol. The van der Waals surface area contributed by atoms with E-state index in [1.54, 1.807) is 7.11 Å². The van der Waals surface area contributed by atoms with Crippen LogP contribution in [0.15, 0.2) is 29.9 Å². The number of hydrogen-bond acceptors (Lipinski definition) is 3. The maximum Gasteiger partial charge on any atom is 0.145 e. The van der Waals surface area contributed by atoms with Crippen LogP contribution in [0.25, 0.3) is 6.08 Å². The summed E-state index contributed by atoms with van der Waals surface area (Å²) in [6.45, 7) is 5.91. The quantitative estimate of drug-likeness (QED) is 0.604. The Kier molecular flexibility index (Phi) is 4.51. The topological polar surface area (TPSA) is 35.5 Å². The number of ether oxygens (including phenoxy) is 2. The summed E-state index contributed by atoms with van der Waals surface area (Å²) in [5, 5.41) is 0. The molecule has 1 heterocycles. The van der Waals surface area contributed by atoms with E-state index in [-0.39, 0.29) is 5.60 Å². The number of aryl methyl sites for hydroxylation is 1. The van der Waals surface area contributed by atoms with Crippen LogP contribution in [0.5, 0.6) is 11.5 Å². The Bertz CT molecular complexity index is 599. The molecule has 0 fully saturated rings. The van der Waals surface area contributed by atoms with Crippen LogP contribution in [0.1, 0.15) is 37.8 Å². The minimum atomic E-state index is -0.341. The lowest BCUT2D eigenvalue weighted by molar-refractivity contribution is -0.104. The molecule has 1 aromatic carbocycles. The molecule has 1 atom stereocenters. The van der Waals surface area contributed by atoms with Gasteiger partial charge in [0.15, 0.2) is 0 Å². The number of carbonyl (C=O) groups excluding carboxylic acids is 1. The van der Waals surface area contributed by atoms with E-state index in [9.17, 15) is 4.79 Å². The summed E-state index contributed by atoms with van der Waals surface area (Å²) < 4.78 is 11.5. The molecule has 1 aliphatic rings. The third-order valence-corrected chi connectivity index (χ3v) is 3.76. The fourth-order valence-electron chi connectivity index (χ4n) is 2.45. The zero-order valence-electron chi connectivity index (χ0n) is 13.1. The van der Waals surface area contributed by atoms with Crippen LogP contribution in [0.3, 0.4) is 0 Å². The van der Waals surface area contributed by atoms with Gasteiger partial charge in [0, 0.05) is 5.56 Å². The highest BCUT2D eigenvalue weighted by Crippen LogP contribution is 2.38. The fraction of sp³-hybridized carbons (Fsp3) is 0.389. The maximum absolute atomic E-state index is 10.6. The van der Waals surface area contributed by atoms with Crippen molar-refractivity contribution in [3.63, 3.8) is 0 Å². The number of hydrogen-bond donors (Lipinski definition) is 0. The highest BCUT2D eigenvalue weighted by molar-refractivity contribution is 5.72. The number of rotatable bonds is 5.